The Hall–Kier alpha value is 0.00688. The highest BCUT2D eigenvalue weighted by Gasteiger charge is 2.15. The van der Waals surface area contributed by atoms with Crippen molar-refractivity contribution in [3.8, 4) is 0 Å². The van der Waals surface area contributed by atoms with Crippen LogP contribution in [0.3, 0.4) is 0 Å². The lowest BCUT2D eigenvalue weighted by atomic mass is 10.3. The molecule has 0 aromatic heterocycles. The molecule has 0 N–H and O–H groups in total. The Balaban J connectivity index is 3.47. The van der Waals surface area contributed by atoms with E-state index in [1.807, 2.05) is 0 Å². The summed E-state index contributed by atoms with van der Waals surface area (Å²) in [5, 5.41) is 0. The van der Waals surface area contributed by atoms with Crippen molar-refractivity contribution in [1.29, 1.82) is 0 Å². The molecular formula is C8H14Cl2O2Si. The van der Waals surface area contributed by atoms with Crippen LogP contribution >= 0.6 is 23.2 Å². The molecule has 0 atom stereocenters. The minimum Gasteiger partial charge on any atom is -0.462 e. The largest absolute Gasteiger partial charge is 0.462 e. The zero-order valence-corrected chi connectivity index (χ0v) is 11.4. The molecule has 0 aliphatic carbocycles. The van der Waals surface area contributed by atoms with E-state index in [2.05, 4.69) is 6.58 Å². The molecule has 76 valence electrons. The summed E-state index contributed by atoms with van der Waals surface area (Å²) in [7, 11) is 0.711. The van der Waals surface area contributed by atoms with Crippen molar-refractivity contribution in [3.63, 3.8) is 0 Å². The minimum atomic E-state index is -0.602. The van der Waals surface area contributed by atoms with Crippen molar-refractivity contribution in [2.24, 2.45) is 0 Å². The summed E-state index contributed by atoms with van der Waals surface area (Å²) >= 11 is 11.6. The molecule has 0 aromatic carbocycles. The fourth-order valence-electron chi connectivity index (χ4n) is 0.671. The van der Waals surface area contributed by atoms with Gasteiger partial charge in [-0.25, -0.2) is 4.79 Å². The standard InChI is InChI=1S/C8H14Cl2O2Si/c1-6(2)7(11)12-5-3-4-8(9,10)13/h1,3-5H2,2,13H3. The van der Waals surface area contributed by atoms with Crippen LogP contribution in [-0.2, 0) is 9.53 Å². The van der Waals surface area contributed by atoms with Crippen LogP contribution in [0.1, 0.15) is 19.8 Å². The maximum Gasteiger partial charge on any atom is 0.333 e. The SMILES string of the molecule is C=C(C)C(=O)OCCCC([SiH3])(Cl)Cl. The van der Waals surface area contributed by atoms with E-state index in [-0.39, 0.29) is 5.97 Å². The van der Waals surface area contributed by atoms with Crippen molar-refractivity contribution < 1.29 is 9.53 Å². The number of alkyl halides is 2. The second-order valence-corrected chi connectivity index (χ2v) is 7.93. The average Bonchev–Trinajstić information content (AvgIpc) is 1.95. The monoisotopic (exact) mass is 240 g/mol. The first-order valence-corrected chi connectivity index (χ1v) is 5.79. The van der Waals surface area contributed by atoms with Crippen LogP contribution in [0.15, 0.2) is 12.2 Å². The van der Waals surface area contributed by atoms with E-state index in [4.69, 9.17) is 27.9 Å². The molecule has 0 spiro atoms. The van der Waals surface area contributed by atoms with Gasteiger partial charge in [-0.1, -0.05) is 6.58 Å². The molecule has 0 aromatic rings. The highest BCUT2D eigenvalue weighted by molar-refractivity contribution is 6.65. The second-order valence-electron chi connectivity index (χ2n) is 3.09. The Morgan fingerprint density at radius 3 is 2.54 bits per heavy atom. The molecule has 0 unspecified atom stereocenters. The number of carbonyl (C=O) groups excluding carboxylic acids is 1. The lowest BCUT2D eigenvalue weighted by Crippen LogP contribution is -2.14. The highest BCUT2D eigenvalue weighted by atomic mass is 35.5. The second kappa shape index (κ2) is 5.68. The molecule has 0 fully saturated rings. The van der Waals surface area contributed by atoms with Gasteiger partial charge in [0.25, 0.3) is 0 Å². The predicted octanol–water partition coefficient (Wildman–Crippen LogP) is 1.38. The molecule has 0 heterocycles. The van der Waals surface area contributed by atoms with Gasteiger partial charge < -0.3 is 4.74 Å². The third-order valence-electron chi connectivity index (χ3n) is 1.34. The summed E-state index contributed by atoms with van der Waals surface area (Å²) in [6, 6.07) is 0. The van der Waals surface area contributed by atoms with Gasteiger partial charge in [0.05, 0.1) is 10.6 Å². The Morgan fingerprint density at radius 2 is 2.15 bits per heavy atom. The van der Waals surface area contributed by atoms with E-state index < -0.39 is 3.96 Å². The Bertz CT molecular complexity index is 199. The molecule has 13 heavy (non-hydrogen) atoms. The molecule has 0 saturated carbocycles. The van der Waals surface area contributed by atoms with Crippen molar-refractivity contribution in [2.75, 3.05) is 6.61 Å². The predicted molar refractivity (Wildman–Crippen MR) is 59.4 cm³/mol. The lowest BCUT2D eigenvalue weighted by molar-refractivity contribution is -0.139. The number of rotatable bonds is 5. The normalized spacial score (nSPS) is 11.3. The third-order valence-corrected chi connectivity index (χ3v) is 2.22. The first kappa shape index (κ1) is 13.0. The van der Waals surface area contributed by atoms with E-state index in [9.17, 15) is 4.79 Å². The van der Waals surface area contributed by atoms with Crippen LogP contribution in [0.25, 0.3) is 0 Å². The summed E-state index contributed by atoms with van der Waals surface area (Å²) in [6.07, 6.45) is 1.35. The topological polar surface area (TPSA) is 26.3 Å². The summed E-state index contributed by atoms with van der Waals surface area (Å²) < 4.78 is 4.26. The fraction of sp³-hybridized carbons (Fsp3) is 0.625. The van der Waals surface area contributed by atoms with E-state index in [0.717, 1.165) is 0 Å². The number of ether oxygens (including phenoxy) is 1. The minimum absolute atomic E-state index is 0.356. The van der Waals surface area contributed by atoms with Gasteiger partial charge in [0.15, 0.2) is 0 Å². The van der Waals surface area contributed by atoms with Gasteiger partial charge in [-0.3, -0.25) is 0 Å². The number of carbonyl (C=O) groups is 1. The van der Waals surface area contributed by atoms with Gasteiger partial charge in [0.2, 0.25) is 0 Å². The van der Waals surface area contributed by atoms with Gasteiger partial charge in [-0.05, 0) is 19.8 Å². The molecule has 0 amide bonds. The fourth-order valence-corrected chi connectivity index (χ4v) is 1.29. The third kappa shape index (κ3) is 8.34. The molecule has 0 rings (SSSR count). The number of esters is 1. The summed E-state index contributed by atoms with van der Waals surface area (Å²) in [6.45, 7) is 5.43. The zero-order valence-electron chi connectivity index (χ0n) is 7.90. The first-order chi connectivity index (χ1) is 5.83. The number of hydrogen-bond donors (Lipinski definition) is 0. The summed E-state index contributed by atoms with van der Waals surface area (Å²) in [5.74, 6) is -0.358. The molecule has 5 heteroatoms. The van der Waals surface area contributed by atoms with Gasteiger partial charge in [0, 0.05) is 15.8 Å². The van der Waals surface area contributed by atoms with Gasteiger partial charge in [0.1, 0.15) is 0 Å². The smallest absolute Gasteiger partial charge is 0.333 e. The van der Waals surface area contributed by atoms with Crippen molar-refractivity contribution in [1.82, 2.24) is 0 Å². The van der Waals surface area contributed by atoms with E-state index in [0.29, 0.717) is 35.3 Å². The molecule has 0 saturated heterocycles. The van der Waals surface area contributed by atoms with Gasteiger partial charge >= 0.3 is 5.97 Å². The maximum atomic E-state index is 10.9. The molecule has 0 radical (unpaired) electrons. The molecule has 0 aliphatic heterocycles. The Morgan fingerprint density at radius 1 is 1.62 bits per heavy atom. The molecule has 0 aliphatic rings. The van der Waals surface area contributed by atoms with E-state index in [1.165, 1.54) is 0 Å². The zero-order chi connectivity index (χ0) is 10.5. The van der Waals surface area contributed by atoms with Gasteiger partial charge in [-0.2, -0.15) is 0 Å². The van der Waals surface area contributed by atoms with Crippen molar-refractivity contribution in [2.45, 2.75) is 23.7 Å². The van der Waals surface area contributed by atoms with Crippen LogP contribution in [0.2, 0.25) is 0 Å². The van der Waals surface area contributed by atoms with Crippen LogP contribution < -0.4 is 0 Å². The number of hydrogen-bond acceptors (Lipinski definition) is 2. The van der Waals surface area contributed by atoms with Crippen LogP contribution in [0.5, 0.6) is 0 Å². The number of halogens is 2. The van der Waals surface area contributed by atoms with Crippen LogP contribution in [0.4, 0.5) is 0 Å². The molecular weight excluding hydrogens is 227 g/mol. The van der Waals surface area contributed by atoms with Gasteiger partial charge in [-0.15, -0.1) is 23.2 Å². The maximum absolute atomic E-state index is 10.9. The highest BCUT2D eigenvalue weighted by Crippen LogP contribution is 2.21. The average molecular weight is 241 g/mol. The van der Waals surface area contributed by atoms with E-state index >= 15 is 0 Å². The quantitative estimate of drug-likeness (QED) is 0.239. The Labute approximate surface area is 91.7 Å². The summed E-state index contributed by atoms with van der Waals surface area (Å²) in [4.78, 5) is 10.9. The Kier molecular flexibility index (Phi) is 5.68. The van der Waals surface area contributed by atoms with E-state index in [1.54, 1.807) is 6.92 Å². The first-order valence-electron chi connectivity index (χ1n) is 4.03. The van der Waals surface area contributed by atoms with Crippen LogP contribution in [0, 0.1) is 0 Å². The van der Waals surface area contributed by atoms with Crippen molar-refractivity contribution >= 4 is 39.4 Å². The molecule has 2 nitrogen and oxygen atoms in total. The molecule has 0 bridgehead atoms. The summed E-state index contributed by atoms with van der Waals surface area (Å²) in [5.41, 5.74) is 0.411. The lowest BCUT2D eigenvalue weighted by Gasteiger charge is -2.12. The van der Waals surface area contributed by atoms with Crippen molar-refractivity contribution in [3.05, 3.63) is 12.2 Å². The van der Waals surface area contributed by atoms with Crippen LogP contribution in [-0.4, -0.2) is 26.8 Å².